The summed E-state index contributed by atoms with van der Waals surface area (Å²) < 4.78 is 5.20. The summed E-state index contributed by atoms with van der Waals surface area (Å²) in [6.45, 7) is 1.87. The molecule has 0 spiro atoms. The molecule has 0 saturated carbocycles. The van der Waals surface area contributed by atoms with Crippen molar-refractivity contribution in [2.45, 2.75) is 25.3 Å². The van der Waals surface area contributed by atoms with Gasteiger partial charge < -0.3 is 20.7 Å². The fourth-order valence-electron chi connectivity index (χ4n) is 2.23. The molecule has 1 saturated heterocycles. The standard InChI is InChI=1S/C14H21N3O2/c1-19-13-8-3-2-7-12(13)17-14(18)16-11-6-4-5-9-15-10-11/h2-3,7-8,11,15H,4-6,9-10H2,1H3,(H2,16,17,18). The van der Waals surface area contributed by atoms with E-state index in [1.807, 2.05) is 24.3 Å². The van der Waals surface area contributed by atoms with Crippen LogP contribution in [0.2, 0.25) is 0 Å². The first-order chi connectivity index (χ1) is 9.29. The van der Waals surface area contributed by atoms with Gasteiger partial charge in [0.2, 0.25) is 0 Å². The van der Waals surface area contributed by atoms with Gasteiger partial charge in [0.15, 0.2) is 0 Å². The summed E-state index contributed by atoms with van der Waals surface area (Å²) in [6.07, 6.45) is 3.34. The molecule has 1 heterocycles. The highest BCUT2D eigenvalue weighted by Gasteiger charge is 2.15. The van der Waals surface area contributed by atoms with Crippen LogP contribution in [0.15, 0.2) is 24.3 Å². The summed E-state index contributed by atoms with van der Waals surface area (Å²) >= 11 is 0. The highest BCUT2D eigenvalue weighted by molar-refractivity contribution is 5.91. The predicted molar refractivity (Wildman–Crippen MR) is 75.7 cm³/mol. The van der Waals surface area contributed by atoms with E-state index in [1.165, 1.54) is 6.42 Å². The van der Waals surface area contributed by atoms with Crippen LogP contribution < -0.4 is 20.7 Å². The zero-order chi connectivity index (χ0) is 13.5. The molecular weight excluding hydrogens is 242 g/mol. The number of anilines is 1. The van der Waals surface area contributed by atoms with Crippen LogP contribution in [-0.2, 0) is 0 Å². The second kappa shape index (κ2) is 6.99. The number of methoxy groups -OCH3 is 1. The van der Waals surface area contributed by atoms with E-state index >= 15 is 0 Å². The Labute approximate surface area is 113 Å². The highest BCUT2D eigenvalue weighted by Crippen LogP contribution is 2.22. The molecule has 1 unspecified atom stereocenters. The molecule has 104 valence electrons. The molecule has 2 amide bonds. The first-order valence-electron chi connectivity index (χ1n) is 6.71. The van der Waals surface area contributed by atoms with Gasteiger partial charge in [0.1, 0.15) is 5.75 Å². The van der Waals surface area contributed by atoms with Gasteiger partial charge in [-0.25, -0.2) is 4.79 Å². The fraction of sp³-hybridized carbons (Fsp3) is 0.500. The molecule has 0 aromatic heterocycles. The number of hydrogen-bond donors (Lipinski definition) is 3. The molecule has 0 bridgehead atoms. The van der Waals surface area contributed by atoms with Crippen molar-refractivity contribution in [3.05, 3.63) is 24.3 Å². The summed E-state index contributed by atoms with van der Waals surface area (Å²) in [5.41, 5.74) is 0.684. The van der Waals surface area contributed by atoms with Crippen LogP contribution in [0.3, 0.4) is 0 Å². The number of amides is 2. The third-order valence-electron chi connectivity index (χ3n) is 3.24. The Morgan fingerprint density at radius 3 is 3.05 bits per heavy atom. The number of benzene rings is 1. The van der Waals surface area contributed by atoms with Crippen LogP contribution in [0.4, 0.5) is 10.5 Å². The lowest BCUT2D eigenvalue weighted by Crippen LogP contribution is -2.42. The lowest BCUT2D eigenvalue weighted by molar-refractivity contribution is 0.247. The van der Waals surface area contributed by atoms with E-state index in [0.717, 1.165) is 25.9 Å². The van der Waals surface area contributed by atoms with E-state index in [2.05, 4.69) is 16.0 Å². The first-order valence-corrected chi connectivity index (χ1v) is 6.71. The SMILES string of the molecule is COc1ccccc1NC(=O)NC1CCCCNC1. The van der Waals surface area contributed by atoms with Crippen LogP contribution in [0.25, 0.3) is 0 Å². The molecule has 0 aliphatic carbocycles. The molecule has 5 nitrogen and oxygen atoms in total. The average Bonchev–Trinajstić information content (AvgIpc) is 2.68. The van der Waals surface area contributed by atoms with Crippen molar-refractivity contribution < 1.29 is 9.53 Å². The Morgan fingerprint density at radius 1 is 1.37 bits per heavy atom. The number of urea groups is 1. The van der Waals surface area contributed by atoms with Crippen molar-refractivity contribution in [2.24, 2.45) is 0 Å². The van der Waals surface area contributed by atoms with E-state index in [1.54, 1.807) is 7.11 Å². The van der Waals surface area contributed by atoms with Crippen molar-refractivity contribution in [1.82, 2.24) is 10.6 Å². The molecule has 0 radical (unpaired) electrons. The summed E-state index contributed by atoms with van der Waals surface area (Å²) in [6, 6.07) is 7.39. The van der Waals surface area contributed by atoms with Gasteiger partial charge in [0.25, 0.3) is 0 Å². The second-order valence-electron chi connectivity index (χ2n) is 4.70. The predicted octanol–water partition coefficient (Wildman–Crippen LogP) is 1.96. The number of carbonyl (C=O) groups excluding carboxylic acids is 1. The molecule has 19 heavy (non-hydrogen) atoms. The minimum atomic E-state index is -0.182. The Bertz CT molecular complexity index is 415. The van der Waals surface area contributed by atoms with Gasteiger partial charge >= 0.3 is 6.03 Å². The summed E-state index contributed by atoms with van der Waals surface area (Å²) in [5, 5.41) is 9.14. The van der Waals surface area contributed by atoms with Crippen LogP contribution in [0, 0.1) is 0 Å². The van der Waals surface area contributed by atoms with Gasteiger partial charge in [0, 0.05) is 12.6 Å². The van der Waals surface area contributed by atoms with Crippen molar-refractivity contribution >= 4 is 11.7 Å². The minimum absolute atomic E-state index is 0.182. The third-order valence-corrected chi connectivity index (χ3v) is 3.24. The molecule has 1 fully saturated rings. The Morgan fingerprint density at radius 2 is 2.21 bits per heavy atom. The van der Waals surface area contributed by atoms with Gasteiger partial charge in [-0.15, -0.1) is 0 Å². The lowest BCUT2D eigenvalue weighted by Gasteiger charge is -2.17. The van der Waals surface area contributed by atoms with Gasteiger partial charge in [-0.1, -0.05) is 18.6 Å². The maximum Gasteiger partial charge on any atom is 0.319 e. The number of carbonyl (C=O) groups is 1. The fourth-order valence-corrected chi connectivity index (χ4v) is 2.23. The maximum absolute atomic E-state index is 12.0. The van der Waals surface area contributed by atoms with Crippen molar-refractivity contribution in [3.63, 3.8) is 0 Å². The normalized spacial score (nSPS) is 19.3. The zero-order valence-electron chi connectivity index (χ0n) is 11.2. The smallest absolute Gasteiger partial charge is 0.319 e. The highest BCUT2D eigenvalue weighted by atomic mass is 16.5. The van der Waals surface area contributed by atoms with E-state index in [0.29, 0.717) is 11.4 Å². The van der Waals surface area contributed by atoms with Crippen molar-refractivity contribution in [2.75, 3.05) is 25.5 Å². The molecule has 3 N–H and O–H groups in total. The molecule has 5 heteroatoms. The largest absolute Gasteiger partial charge is 0.495 e. The number of ether oxygens (including phenoxy) is 1. The van der Waals surface area contributed by atoms with E-state index < -0.39 is 0 Å². The summed E-state index contributed by atoms with van der Waals surface area (Å²) in [7, 11) is 1.59. The summed E-state index contributed by atoms with van der Waals surface area (Å²) in [4.78, 5) is 12.0. The van der Waals surface area contributed by atoms with Crippen molar-refractivity contribution in [1.29, 1.82) is 0 Å². The lowest BCUT2D eigenvalue weighted by atomic mass is 10.1. The molecule has 1 atom stereocenters. The van der Waals surface area contributed by atoms with Crippen LogP contribution in [0.1, 0.15) is 19.3 Å². The third kappa shape index (κ3) is 4.13. The first kappa shape index (κ1) is 13.7. The van der Waals surface area contributed by atoms with Crippen LogP contribution >= 0.6 is 0 Å². The Kier molecular flexibility index (Phi) is 5.03. The molecule has 1 aromatic rings. The topological polar surface area (TPSA) is 62.4 Å². The van der Waals surface area contributed by atoms with E-state index in [4.69, 9.17) is 4.74 Å². The summed E-state index contributed by atoms with van der Waals surface area (Å²) in [5.74, 6) is 0.664. The minimum Gasteiger partial charge on any atom is -0.495 e. The maximum atomic E-state index is 12.0. The van der Waals surface area contributed by atoms with Crippen LogP contribution in [-0.4, -0.2) is 32.3 Å². The number of hydrogen-bond acceptors (Lipinski definition) is 3. The molecule has 1 aromatic carbocycles. The van der Waals surface area contributed by atoms with Crippen molar-refractivity contribution in [3.8, 4) is 5.75 Å². The van der Waals surface area contributed by atoms with Gasteiger partial charge in [-0.05, 0) is 31.5 Å². The molecular formula is C14H21N3O2. The van der Waals surface area contributed by atoms with Gasteiger partial charge in [-0.2, -0.15) is 0 Å². The quantitative estimate of drug-likeness (QED) is 0.781. The Balaban J connectivity index is 1.89. The monoisotopic (exact) mass is 263 g/mol. The van der Waals surface area contributed by atoms with Gasteiger partial charge in [0.05, 0.1) is 12.8 Å². The average molecular weight is 263 g/mol. The second-order valence-corrected chi connectivity index (χ2v) is 4.70. The molecule has 2 rings (SSSR count). The Hall–Kier alpha value is -1.75. The number of para-hydroxylation sites is 2. The van der Waals surface area contributed by atoms with Gasteiger partial charge in [-0.3, -0.25) is 0 Å². The number of nitrogens with one attached hydrogen (secondary N) is 3. The molecule has 1 aliphatic heterocycles. The number of rotatable bonds is 3. The van der Waals surface area contributed by atoms with E-state index in [9.17, 15) is 4.79 Å². The van der Waals surface area contributed by atoms with Crippen LogP contribution in [0.5, 0.6) is 5.75 Å². The molecule has 1 aliphatic rings. The zero-order valence-corrected chi connectivity index (χ0v) is 11.2. The van der Waals surface area contributed by atoms with E-state index in [-0.39, 0.29) is 12.1 Å².